The molecular formula is C18H30N4O. The van der Waals surface area contributed by atoms with E-state index in [1.165, 1.54) is 18.4 Å². The topological polar surface area (TPSA) is 41.4 Å². The molecule has 1 aromatic rings. The number of carbonyl (C=O) groups is 1. The fourth-order valence-corrected chi connectivity index (χ4v) is 4.18. The maximum atomic E-state index is 12.8. The predicted molar refractivity (Wildman–Crippen MR) is 91.3 cm³/mol. The summed E-state index contributed by atoms with van der Waals surface area (Å²) in [6.45, 7) is 8.43. The van der Waals surface area contributed by atoms with Crippen LogP contribution < -0.4 is 0 Å². The van der Waals surface area contributed by atoms with Crippen molar-refractivity contribution in [2.75, 3.05) is 27.2 Å². The molecule has 2 aliphatic rings. The first-order valence-corrected chi connectivity index (χ1v) is 8.89. The summed E-state index contributed by atoms with van der Waals surface area (Å²) in [6.07, 6.45) is 3.66. The summed E-state index contributed by atoms with van der Waals surface area (Å²) in [5.41, 5.74) is 3.47. The SMILES string of the molecule is CCc1c(C)nn(CC(=O)N2C[C@@H](N(C)C)[C@H](C3CC3)C2)c1C. The minimum Gasteiger partial charge on any atom is -0.339 e. The predicted octanol–water partition coefficient (Wildman–Crippen LogP) is 1.86. The van der Waals surface area contributed by atoms with Crippen LogP contribution in [0.5, 0.6) is 0 Å². The van der Waals surface area contributed by atoms with Crippen LogP contribution >= 0.6 is 0 Å². The molecule has 1 saturated heterocycles. The molecule has 0 bridgehead atoms. The lowest BCUT2D eigenvalue weighted by Crippen LogP contribution is -2.37. The number of rotatable bonds is 5. The lowest BCUT2D eigenvalue weighted by molar-refractivity contribution is -0.131. The average Bonchev–Trinajstić information content (AvgIpc) is 3.18. The Hall–Kier alpha value is -1.36. The Labute approximate surface area is 139 Å². The van der Waals surface area contributed by atoms with Gasteiger partial charge in [0.05, 0.1) is 5.69 Å². The minimum atomic E-state index is 0.216. The highest BCUT2D eigenvalue weighted by molar-refractivity contribution is 5.76. The molecule has 0 N–H and O–H groups in total. The molecule has 1 aliphatic heterocycles. The van der Waals surface area contributed by atoms with Gasteiger partial charge < -0.3 is 9.80 Å². The maximum Gasteiger partial charge on any atom is 0.244 e. The number of amides is 1. The van der Waals surface area contributed by atoms with Crippen LogP contribution in [0.25, 0.3) is 0 Å². The van der Waals surface area contributed by atoms with Crippen LogP contribution in [0.2, 0.25) is 0 Å². The summed E-state index contributed by atoms with van der Waals surface area (Å²) in [5, 5.41) is 4.57. The monoisotopic (exact) mass is 318 g/mol. The largest absolute Gasteiger partial charge is 0.339 e. The number of nitrogens with zero attached hydrogens (tertiary/aromatic N) is 4. The molecule has 0 spiro atoms. The van der Waals surface area contributed by atoms with Crippen LogP contribution in [-0.4, -0.2) is 58.7 Å². The normalized spacial score (nSPS) is 24.7. The lowest BCUT2D eigenvalue weighted by Gasteiger charge is -2.24. The van der Waals surface area contributed by atoms with E-state index in [0.29, 0.717) is 18.5 Å². The Balaban J connectivity index is 1.69. The molecule has 5 heteroatoms. The molecule has 1 amide bonds. The van der Waals surface area contributed by atoms with E-state index in [2.05, 4.69) is 42.8 Å². The van der Waals surface area contributed by atoms with Crippen molar-refractivity contribution in [1.82, 2.24) is 19.6 Å². The van der Waals surface area contributed by atoms with Gasteiger partial charge in [0.15, 0.2) is 0 Å². The van der Waals surface area contributed by atoms with Gasteiger partial charge in [-0.15, -0.1) is 0 Å². The first kappa shape index (κ1) is 16.5. The molecule has 0 radical (unpaired) electrons. The molecule has 1 aliphatic carbocycles. The molecule has 5 nitrogen and oxygen atoms in total. The number of carbonyl (C=O) groups excluding carboxylic acids is 1. The van der Waals surface area contributed by atoms with Crippen LogP contribution in [0.4, 0.5) is 0 Å². The molecule has 1 aromatic heterocycles. The van der Waals surface area contributed by atoms with E-state index < -0.39 is 0 Å². The van der Waals surface area contributed by atoms with Gasteiger partial charge in [0.2, 0.25) is 5.91 Å². The number of hydrogen-bond acceptors (Lipinski definition) is 3. The Morgan fingerprint density at radius 3 is 2.48 bits per heavy atom. The third-order valence-electron chi connectivity index (χ3n) is 5.75. The fourth-order valence-electron chi connectivity index (χ4n) is 4.18. The van der Waals surface area contributed by atoms with E-state index in [9.17, 15) is 4.79 Å². The Morgan fingerprint density at radius 1 is 1.26 bits per heavy atom. The molecule has 0 aromatic carbocycles. The third-order valence-corrected chi connectivity index (χ3v) is 5.75. The van der Waals surface area contributed by atoms with Gasteiger partial charge in [-0.3, -0.25) is 9.48 Å². The maximum absolute atomic E-state index is 12.8. The zero-order valence-corrected chi connectivity index (χ0v) is 15.2. The fraction of sp³-hybridized carbons (Fsp3) is 0.778. The molecule has 1 saturated carbocycles. The van der Waals surface area contributed by atoms with Crippen molar-refractivity contribution >= 4 is 5.91 Å². The second kappa shape index (κ2) is 6.27. The summed E-state index contributed by atoms with van der Waals surface area (Å²) in [6, 6.07) is 0.512. The summed E-state index contributed by atoms with van der Waals surface area (Å²) < 4.78 is 1.89. The van der Waals surface area contributed by atoms with Gasteiger partial charge in [0, 0.05) is 24.8 Å². The number of aryl methyl sites for hydroxylation is 1. The Bertz CT molecular complexity index is 578. The van der Waals surface area contributed by atoms with Gasteiger partial charge in [0.25, 0.3) is 0 Å². The standard InChI is InChI=1S/C18H30N4O/c1-6-15-12(2)19-22(13(15)3)11-18(23)21-9-16(14-7-8-14)17(10-21)20(4)5/h14,16-17H,6-11H2,1-5H3/t16-,17+/m0/s1. The van der Waals surface area contributed by atoms with Gasteiger partial charge in [-0.05, 0) is 64.6 Å². The third kappa shape index (κ3) is 3.16. The van der Waals surface area contributed by atoms with E-state index >= 15 is 0 Å². The molecule has 2 fully saturated rings. The lowest BCUT2D eigenvalue weighted by atomic mass is 9.97. The van der Waals surface area contributed by atoms with Crippen molar-refractivity contribution < 1.29 is 4.79 Å². The zero-order valence-electron chi connectivity index (χ0n) is 15.2. The number of hydrogen-bond donors (Lipinski definition) is 0. The van der Waals surface area contributed by atoms with E-state index in [0.717, 1.165) is 36.8 Å². The average molecular weight is 318 g/mol. The van der Waals surface area contributed by atoms with E-state index in [1.54, 1.807) is 0 Å². The highest BCUT2D eigenvalue weighted by Gasteiger charge is 2.44. The highest BCUT2D eigenvalue weighted by atomic mass is 16.2. The second-order valence-electron chi connectivity index (χ2n) is 7.49. The van der Waals surface area contributed by atoms with Crippen LogP contribution in [0.1, 0.15) is 36.7 Å². The van der Waals surface area contributed by atoms with Gasteiger partial charge in [0.1, 0.15) is 6.54 Å². The van der Waals surface area contributed by atoms with Gasteiger partial charge >= 0.3 is 0 Å². The van der Waals surface area contributed by atoms with Crippen molar-refractivity contribution in [2.24, 2.45) is 11.8 Å². The summed E-state index contributed by atoms with van der Waals surface area (Å²) in [7, 11) is 4.28. The molecule has 128 valence electrons. The molecule has 0 unspecified atom stereocenters. The number of aromatic nitrogens is 2. The first-order chi connectivity index (χ1) is 10.9. The molecule has 2 heterocycles. The van der Waals surface area contributed by atoms with Crippen LogP contribution in [-0.2, 0) is 17.8 Å². The van der Waals surface area contributed by atoms with E-state index in [1.807, 2.05) is 11.6 Å². The Morgan fingerprint density at radius 2 is 1.96 bits per heavy atom. The van der Waals surface area contributed by atoms with Crippen LogP contribution in [0.3, 0.4) is 0 Å². The Kier molecular flexibility index (Phi) is 4.50. The summed E-state index contributed by atoms with van der Waals surface area (Å²) in [5.74, 6) is 1.70. The highest BCUT2D eigenvalue weighted by Crippen LogP contribution is 2.42. The van der Waals surface area contributed by atoms with Crippen molar-refractivity contribution in [3.63, 3.8) is 0 Å². The van der Waals surface area contributed by atoms with Gasteiger partial charge in [-0.2, -0.15) is 5.10 Å². The van der Waals surface area contributed by atoms with Crippen molar-refractivity contribution in [2.45, 2.75) is 52.6 Å². The molecule has 3 rings (SSSR count). The minimum absolute atomic E-state index is 0.216. The summed E-state index contributed by atoms with van der Waals surface area (Å²) >= 11 is 0. The first-order valence-electron chi connectivity index (χ1n) is 8.89. The van der Waals surface area contributed by atoms with Crippen molar-refractivity contribution in [3.05, 3.63) is 17.0 Å². The molecular weight excluding hydrogens is 288 g/mol. The number of likely N-dealkylation sites (N-methyl/N-ethyl adjacent to an activating group) is 1. The van der Waals surface area contributed by atoms with E-state index in [-0.39, 0.29) is 5.91 Å². The second-order valence-corrected chi connectivity index (χ2v) is 7.49. The summed E-state index contributed by atoms with van der Waals surface area (Å²) in [4.78, 5) is 17.1. The quantitative estimate of drug-likeness (QED) is 0.832. The zero-order chi connectivity index (χ0) is 16.7. The molecule has 2 atom stereocenters. The number of likely N-dealkylation sites (tertiary alicyclic amines) is 1. The smallest absolute Gasteiger partial charge is 0.244 e. The van der Waals surface area contributed by atoms with E-state index in [4.69, 9.17) is 0 Å². The molecule has 23 heavy (non-hydrogen) atoms. The van der Waals surface area contributed by atoms with Crippen molar-refractivity contribution in [3.8, 4) is 0 Å². The van der Waals surface area contributed by atoms with Gasteiger partial charge in [-0.25, -0.2) is 0 Å². The van der Waals surface area contributed by atoms with Crippen LogP contribution in [0, 0.1) is 25.7 Å². The van der Waals surface area contributed by atoms with Gasteiger partial charge in [-0.1, -0.05) is 6.92 Å². The van der Waals surface area contributed by atoms with Crippen LogP contribution in [0.15, 0.2) is 0 Å². The van der Waals surface area contributed by atoms with Crippen molar-refractivity contribution in [1.29, 1.82) is 0 Å².